The number of oxime groups is 1. The quantitative estimate of drug-likeness (QED) is 0.292. The molecular formula is C28H34N4O6. The number of nitrogens with two attached hydrogens (primary N) is 1. The van der Waals surface area contributed by atoms with Crippen LogP contribution in [0.15, 0.2) is 64.7 Å². The highest BCUT2D eigenvalue weighted by Gasteiger charge is 2.26. The van der Waals surface area contributed by atoms with Crippen LogP contribution in [0.4, 0.5) is 4.79 Å². The highest BCUT2D eigenvalue weighted by atomic mass is 16.6. The first kappa shape index (κ1) is 28.4. The SMILES string of the molecule is COC(=O)C[C@H](Cc1ccccc1)NC(=O)CC1CC(c2ccc(/C(N)=N/C(=O)OC(C)(C)C)cc2)=NO1. The van der Waals surface area contributed by atoms with Gasteiger partial charge in [0.1, 0.15) is 17.5 Å². The molecule has 0 fully saturated rings. The van der Waals surface area contributed by atoms with Gasteiger partial charge in [-0.3, -0.25) is 9.59 Å². The summed E-state index contributed by atoms with van der Waals surface area (Å²) < 4.78 is 9.94. The number of methoxy groups -OCH3 is 1. The number of nitrogens with one attached hydrogen (secondary N) is 1. The average Bonchev–Trinajstić information content (AvgIpc) is 3.31. The van der Waals surface area contributed by atoms with Gasteiger partial charge in [-0.15, -0.1) is 0 Å². The van der Waals surface area contributed by atoms with Gasteiger partial charge in [0.05, 0.1) is 25.7 Å². The van der Waals surface area contributed by atoms with E-state index in [1.165, 1.54) is 7.11 Å². The van der Waals surface area contributed by atoms with Crippen LogP contribution in [0.3, 0.4) is 0 Å². The number of carbonyl (C=O) groups is 3. The van der Waals surface area contributed by atoms with Crippen LogP contribution in [0, 0.1) is 0 Å². The maximum absolute atomic E-state index is 12.7. The lowest BCUT2D eigenvalue weighted by molar-refractivity contribution is -0.141. The lowest BCUT2D eigenvalue weighted by Gasteiger charge is -2.19. The van der Waals surface area contributed by atoms with Gasteiger partial charge in [-0.2, -0.15) is 4.99 Å². The Hall–Kier alpha value is -4.21. The van der Waals surface area contributed by atoms with E-state index in [9.17, 15) is 14.4 Å². The second kappa shape index (κ2) is 12.8. The molecule has 1 unspecified atom stereocenters. The molecule has 0 saturated heterocycles. The van der Waals surface area contributed by atoms with Gasteiger partial charge in [-0.1, -0.05) is 59.8 Å². The molecule has 2 atom stereocenters. The predicted octanol–water partition coefficient (Wildman–Crippen LogP) is 3.50. The van der Waals surface area contributed by atoms with Gasteiger partial charge < -0.3 is 25.4 Å². The normalized spacial score (nSPS) is 16.2. The molecule has 1 aliphatic rings. The number of hydrogen-bond donors (Lipinski definition) is 2. The molecule has 10 heteroatoms. The van der Waals surface area contributed by atoms with E-state index in [4.69, 9.17) is 20.0 Å². The van der Waals surface area contributed by atoms with Crippen LogP contribution >= 0.6 is 0 Å². The van der Waals surface area contributed by atoms with Crippen LogP contribution in [-0.2, 0) is 30.3 Å². The van der Waals surface area contributed by atoms with Crippen molar-refractivity contribution in [2.45, 2.75) is 64.2 Å². The summed E-state index contributed by atoms with van der Waals surface area (Å²) >= 11 is 0. The number of esters is 1. The molecular weight excluding hydrogens is 488 g/mol. The molecule has 38 heavy (non-hydrogen) atoms. The maximum Gasteiger partial charge on any atom is 0.436 e. The fraction of sp³-hybridized carbons (Fsp3) is 0.393. The molecule has 10 nitrogen and oxygen atoms in total. The van der Waals surface area contributed by atoms with Crippen molar-refractivity contribution in [3.63, 3.8) is 0 Å². The summed E-state index contributed by atoms with van der Waals surface area (Å²) in [5.41, 5.74) is 8.33. The minimum atomic E-state index is -0.758. The summed E-state index contributed by atoms with van der Waals surface area (Å²) in [6.07, 6.45) is -0.0919. The highest BCUT2D eigenvalue weighted by Crippen LogP contribution is 2.20. The summed E-state index contributed by atoms with van der Waals surface area (Å²) in [7, 11) is 1.32. The monoisotopic (exact) mass is 522 g/mol. The molecule has 3 rings (SSSR count). The minimum Gasteiger partial charge on any atom is -0.469 e. The summed E-state index contributed by atoms with van der Waals surface area (Å²) in [6, 6.07) is 16.3. The number of nitrogens with zero attached hydrogens (tertiary/aromatic N) is 2. The van der Waals surface area contributed by atoms with Gasteiger partial charge in [-0.25, -0.2) is 4.79 Å². The van der Waals surface area contributed by atoms with E-state index < -0.39 is 29.8 Å². The van der Waals surface area contributed by atoms with Gasteiger partial charge in [0.25, 0.3) is 0 Å². The second-order valence-electron chi connectivity index (χ2n) is 9.96. The Balaban J connectivity index is 1.54. The van der Waals surface area contributed by atoms with Gasteiger partial charge in [0.2, 0.25) is 5.91 Å². The molecule has 2 aromatic rings. The summed E-state index contributed by atoms with van der Waals surface area (Å²) in [4.78, 5) is 45.8. The molecule has 3 N–H and O–H groups in total. The third kappa shape index (κ3) is 9.02. The van der Waals surface area contributed by atoms with Crippen molar-refractivity contribution >= 4 is 29.5 Å². The van der Waals surface area contributed by atoms with E-state index >= 15 is 0 Å². The van der Waals surface area contributed by atoms with Crippen LogP contribution in [-0.4, -0.2) is 54.4 Å². The second-order valence-corrected chi connectivity index (χ2v) is 9.96. The fourth-order valence-electron chi connectivity index (χ4n) is 3.84. The first-order valence-corrected chi connectivity index (χ1v) is 12.3. The minimum absolute atomic E-state index is 0.0435. The molecule has 2 amide bonds. The van der Waals surface area contributed by atoms with E-state index in [0.717, 1.165) is 11.1 Å². The Morgan fingerprint density at radius 2 is 1.82 bits per heavy atom. The number of rotatable bonds is 9. The lowest BCUT2D eigenvalue weighted by Crippen LogP contribution is -2.39. The fourth-order valence-corrected chi connectivity index (χ4v) is 3.84. The van der Waals surface area contributed by atoms with E-state index in [1.807, 2.05) is 30.3 Å². The van der Waals surface area contributed by atoms with E-state index in [0.29, 0.717) is 24.1 Å². The molecule has 1 heterocycles. The van der Waals surface area contributed by atoms with Gasteiger partial charge in [-0.05, 0) is 38.3 Å². The third-order valence-electron chi connectivity index (χ3n) is 5.60. The molecule has 2 aromatic carbocycles. The van der Waals surface area contributed by atoms with Gasteiger partial charge in [0.15, 0.2) is 0 Å². The van der Waals surface area contributed by atoms with Crippen LogP contribution in [0.2, 0.25) is 0 Å². The van der Waals surface area contributed by atoms with Crippen molar-refractivity contribution in [2.24, 2.45) is 15.9 Å². The van der Waals surface area contributed by atoms with Gasteiger partial charge in [0, 0.05) is 18.0 Å². The number of amides is 2. The van der Waals surface area contributed by atoms with E-state index in [1.54, 1.807) is 45.0 Å². The zero-order valence-electron chi connectivity index (χ0n) is 22.1. The highest BCUT2D eigenvalue weighted by molar-refractivity contribution is 6.05. The van der Waals surface area contributed by atoms with Crippen LogP contribution in [0.1, 0.15) is 56.7 Å². The molecule has 0 aromatic heterocycles. The first-order chi connectivity index (χ1) is 18.0. The van der Waals surface area contributed by atoms with Crippen LogP contribution in [0.25, 0.3) is 0 Å². The van der Waals surface area contributed by atoms with Crippen molar-refractivity contribution < 1.29 is 28.7 Å². The van der Waals surface area contributed by atoms with Crippen LogP contribution in [0.5, 0.6) is 0 Å². The van der Waals surface area contributed by atoms with Crippen molar-refractivity contribution in [1.82, 2.24) is 5.32 Å². The zero-order chi connectivity index (χ0) is 27.7. The van der Waals surface area contributed by atoms with Crippen LogP contribution < -0.4 is 11.1 Å². The Kier molecular flexibility index (Phi) is 9.59. The Morgan fingerprint density at radius 3 is 2.45 bits per heavy atom. The Labute approximate surface area is 222 Å². The van der Waals surface area contributed by atoms with Crippen molar-refractivity contribution in [3.8, 4) is 0 Å². The summed E-state index contributed by atoms with van der Waals surface area (Å²) in [6.45, 7) is 5.24. The zero-order valence-corrected chi connectivity index (χ0v) is 22.1. The number of aliphatic imine (C=N–C) groups is 1. The summed E-state index contributed by atoms with van der Waals surface area (Å²) in [5.74, 6) is -0.589. The molecule has 0 spiro atoms. The number of amidine groups is 1. The topological polar surface area (TPSA) is 142 Å². The molecule has 0 bridgehead atoms. The van der Waals surface area contributed by atoms with E-state index in [2.05, 4.69) is 15.5 Å². The molecule has 202 valence electrons. The molecule has 0 aliphatic carbocycles. The molecule has 0 saturated carbocycles. The number of hydrogen-bond acceptors (Lipinski definition) is 7. The average molecular weight is 523 g/mol. The van der Waals surface area contributed by atoms with Crippen molar-refractivity contribution in [3.05, 3.63) is 71.3 Å². The van der Waals surface area contributed by atoms with E-state index in [-0.39, 0.29) is 24.6 Å². The Bertz CT molecular complexity index is 1190. The van der Waals surface area contributed by atoms with Gasteiger partial charge >= 0.3 is 12.1 Å². The third-order valence-corrected chi connectivity index (χ3v) is 5.60. The molecule has 0 radical (unpaired) electrons. The lowest BCUT2D eigenvalue weighted by atomic mass is 10.0. The molecule has 1 aliphatic heterocycles. The standard InChI is InChI=1S/C28H34N4O6/c1-28(2,3)37-27(35)31-26(29)20-12-10-19(11-13-20)23-16-22(38-32-23)17-24(33)30-21(15-25(34)36-4)14-18-8-6-5-7-9-18/h5-13,21-22H,14-17H2,1-4H3,(H,30,33)(H2,29,31,35)/t21-,22?/m0/s1. The largest absolute Gasteiger partial charge is 0.469 e. The first-order valence-electron chi connectivity index (χ1n) is 12.3. The predicted molar refractivity (Wildman–Crippen MR) is 143 cm³/mol. The Morgan fingerprint density at radius 1 is 1.13 bits per heavy atom. The van der Waals surface area contributed by atoms with Crippen molar-refractivity contribution in [1.29, 1.82) is 0 Å². The maximum atomic E-state index is 12.7. The van der Waals surface area contributed by atoms with Crippen molar-refractivity contribution in [2.75, 3.05) is 7.11 Å². The number of benzene rings is 2. The number of carbonyl (C=O) groups excluding carboxylic acids is 3. The summed E-state index contributed by atoms with van der Waals surface area (Å²) in [5, 5.41) is 7.07. The number of ether oxygens (including phenoxy) is 2. The smallest absolute Gasteiger partial charge is 0.436 e.